The standard InChI is InChI=1S/C20H22N6O2S/c1-14-4-5-16(12-15(14)2)18-23-24-20(28-18)29-13-17(27)25-8-10-26(11-9-25)19-21-6-3-7-22-19/h3-7,12H,8-11,13H2,1-2H3. The highest BCUT2D eigenvalue weighted by Gasteiger charge is 2.23. The van der Waals surface area contributed by atoms with Gasteiger partial charge in [0, 0.05) is 44.1 Å². The maximum atomic E-state index is 12.5. The first-order chi connectivity index (χ1) is 14.1. The second kappa shape index (κ2) is 8.60. The second-order valence-corrected chi connectivity index (χ2v) is 7.80. The fourth-order valence-corrected chi connectivity index (χ4v) is 3.75. The molecule has 0 spiro atoms. The molecular formula is C20H22N6O2S. The minimum Gasteiger partial charge on any atom is -0.411 e. The van der Waals surface area contributed by atoms with Crippen molar-refractivity contribution in [1.82, 2.24) is 25.1 Å². The lowest BCUT2D eigenvalue weighted by atomic mass is 10.1. The number of thioether (sulfide) groups is 1. The Labute approximate surface area is 173 Å². The second-order valence-electron chi connectivity index (χ2n) is 6.88. The molecule has 1 saturated heterocycles. The van der Waals surface area contributed by atoms with Gasteiger partial charge in [0.25, 0.3) is 5.22 Å². The largest absolute Gasteiger partial charge is 0.411 e. The highest BCUT2D eigenvalue weighted by atomic mass is 32.2. The van der Waals surface area contributed by atoms with Gasteiger partial charge in [0.1, 0.15) is 0 Å². The van der Waals surface area contributed by atoms with Crippen LogP contribution in [0.5, 0.6) is 0 Å². The monoisotopic (exact) mass is 410 g/mol. The molecule has 0 N–H and O–H groups in total. The molecule has 4 rings (SSSR count). The normalized spacial score (nSPS) is 14.3. The molecule has 2 aromatic heterocycles. The van der Waals surface area contributed by atoms with Gasteiger partial charge in [-0.2, -0.15) is 0 Å². The van der Waals surface area contributed by atoms with Gasteiger partial charge in [-0.15, -0.1) is 10.2 Å². The van der Waals surface area contributed by atoms with Crippen molar-refractivity contribution in [3.05, 3.63) is 47.8 Å². The van der Waals surface area contributed by atoms with E-state index >= 15 is 0 Å². The maximum Gasteiger partial charge on any atom is 0.277 e. The van der Waals surface area contributed by atoms with E-state index in [4.69, 9.17) is 4.42 Å². The quantitative estimate of drug-likeness (QED) is 0.593. The Balaban J connectivity index is 1.29. The zero-order valence-electron chi connectivity index (χ0n) is 16.4. The summed E-state index contributed by atoms with van der Waals surface area (Å²) < 4.78 is 5.72. The highest BCUT2D eigenvalue weighted by molar-refractivity contribution is 7.99. The summed E-state index contributed by atoms with van der Waals surface area (Å²) >= 11 is 1.27. The van der Waals surface area contributed by atoms with Crippen molar-refractivity contribution >= 4 is 23.6 Å². The number of aryl methyl sites for hydroxylation is 2. The molecule has 1 amide bonds. The van der Waals surface area contributed by atoms with Gasteiger partial charge in [0.2, 0.25) is 17.7 Å². The summed E-state index contributed by atoms with van der Waals surface area (Å²) in [5.74, 6) is 1.52. The molecule has 8 nitrogen and oxygen atoms in total. The Hall–Kier alpha value is -2.94. The number of nitrogens with zero attached hydrogens (tertiary/aromatic N) is 6. The van der Waals surface area contributed by atoms with Crippen LogP contribution in [0, 0.1) is 13.8 Å². The first-order valence-electron chi connectivity index (χ1n) is 9.44. The van der Waals surface area contributed by atoms with E-state index in [1.807, 2.05) is 30.0 Å². The lowest BCUT2D eigenvalue weighted by molar-refractivity contribution is -0.128. The van der Waals surface area contributed by atoms with Crippen molar-refractivity contribution in [3.63, 3.8) is 0 Å². The molecule has 0 saturated carbocycles. The van der Waals surface area contributed by atoms with Crippen molar-refractivity contribution in [2.24, 2.45) is 0 Å². The van der Waals surface area contributed by atoms with E-state index in [9.17, 15) is 4.79 Å². The molecule has 150 valence electrons. The molecule has 1 fully saturated rings. The van der Waals surface area contributed by atoms with E-state index in [0.717, 1.165) is 18.7 Å². The van der Waals surface area contributed by atoms with Gasteiger partial charge in [-0.25, -0.2) is 9.97 Å². The molecule has 3 aromatic rings. The molecule has 0 unspecified atom stereocenters. The van der Waals surface area contributed by atoms with Crippen molar-refractivity contribution < 1.29 is 9.21 Å². The Morgan fingerprint density at radius 1 is 1.07 bits per heavy atom. The number of piperazine rings is 1. The summed E-state index contributed by atoms with van der Waals surface area (Å²) in [6, 6.07) is 7.82. The summed E-state index contributed by atoms with van der Waals surface area (Å²) in [6.45, 7) is 6.85. The summed E-state index contributed by atoms with van der Waals surface area (Å²) in [7, 11) is 0. The Bertz CT molecular complexity index is 986. The van der Waals surface area contributed by atoms with Crippen molar-refractivity contribution in [1.29, 1.82) is 0 Å². The van der Waals surface area contributed by atoms with Crippen molar-refractivity contribution in [3.8, 4) is 11.5 Å². The van der Waals surface area contributed by atoms with Gasteiger partial charge in [-0.05, 0) is 43.2 Å². The van der Waals surface area contributed by atoms with Crippen LogP contribution in [0.3, 0.4) is 0 Å². The van der Waals surface area contributed by atoms with Crippen LogP contribution >= 0.6 is 11.8 Å². The Morgan fingerprint density at radius 2 is 1.83 bits per heavy atom. The first kappa shape index (κ1) is 19.4. The molecule has 1 aliphatic rings. The minimum atomic E-state index is 0.0644. The lowest BCUT2D eigenvalue weighted by Crippen LogP contribution is -2.49. The van der Waals surface area contributed by atoms with Crippen LogP contribution in [0.15, 0.2) is 46.3 Å². The molecule has 29 heavy (non-hydrogen) atoms. The van der Waals surface area contributed by atoms with Gasteiger partial charge in [-0.1, -0.05) is 17.8 Å². The summed E-state index contributed by atoms with van der Waals surface area (Å²) in [5.41, 5.74) is 3.27. The van der Waals surface area contributed by atoms with E-state index in [2.05, 4.69) is 32.0 Å². The van der Waals surface area contributed by atoms with Crippen LogP contribution < -0.4 is 4.90 Å². The zero-order chi connectivity index (χ0) is 20.2. The zero-order valence-corrected chi connectivity index (χ0v) is 17.2. The number of aromatic nitrogens is 4. The summed E-state index contributed by atoms with van der Waals surface area (Å²) in [6.07, 6.45) is 3.46. The number of amides is 1. The van der Waals surface area contributed by atoms with Crippen molar-refractivity contribution in [2.75, 3.05) is 36.8 Å². The van der Waals surface area contributed by atoms with Crippen LogP contribution in [0.25, 0.3) is 11.5 Å². The fourth-order valence-electron chi connectivity index (χ4n) is 3.08. The topological polar surface area (TPSA) is 88.3 Å². The van der Waals surface area contributed by atoms with Crippen LogP contribution in [0.4, 0.5) is 5.95 Å². The molecule has 0 radical (unpaired) electrons. The Morgan fingerprint density at radius 3 is 2.55 bits per heavy atom. The molecule has 9 heteroatoms. The van der Waals surface area contributed by atoms with E-state index in [1.54, 1.807) is 18.5 Å². The first-order valence-corrected chi connectivity index (χ1v) is 10.4. The molecule has 1 aliphatic heterocycles. The third kappa shape index (κ3) is 4.56. The SMILES string of the molecule is Cc1ccc(-c2nnc(SCC(=O)N3CCN(c4ncccn4)CC3)o2)cc1C. The fraction of sp³-hybridized carbons (Fsp3) is 0.350. The van der Waals surface area contributed by atoms with Gasteiger partial charge in [0.15, 0.2) is 0 Å². The van der Waals surface area contributed by atoms with E-state index in [-0.39, 0.29) is 11.7 Å². The molecule has 0 bridgehead atoms. The van der Waals surface area contributed by atoms with Crippen molar-refractivity contribution in [2.45, 2.75) is 19.1 Å². The van der Waals surface area contributed by atoms with Crippen LogP contribution in [0.2, 0.25) is 0 Å². The van der Waals surface area contributed by atoms with E-state index < -0.39 is 0 Å². The number of hydrogen-bond donors (Lipinski definition) is 0. The third-order valence-corrected chi connectivity index (χ3v) is 5.75. The number of benzene rings is 1. The third-order valence-electron chi connectivity index (χ3n) is 4.95. The number of carbonyl (C=O) groups is 1. The number of hydrogen-bond acceptors (Lipinski definition) is 8. The van der Waals surface area contributed by atoms with Gasteiger partial charge in [-0.3, -0.25) is 4.79 Å². The molecular weight excluding hydrogens is 388 g/mol. The average Bonchev–Trinajstić information content (AvgIpc) is 3.24. The summed E-state index contributed by atoms with van der Waals surface area (Å²) in [4.78, 5) is 25.0. The molecule has 0 atom stereocenters. The van der Waals surface area contributed by atoms with Crippen LogP contribution in [-0.4, -0.2) is 62.9 Å². The van der Waals surface area contributed by atoms with E-state index in [0.29, 0.717) is 30.2 Å². The molecule has 3 heterocycles. The number of rotatable bonds is 5. The molecule has 0 aliphatic carbocycles. The highest BCUT2D eigenvalue weighted by Crippen LogP contribution is 2.25. The van der Waals surface area contributed by atoms with Gasteiger partial charge in [0.05, 0.1) is 5.75 Å². The van der Waals surface area contributed by atoms with Gasteiger partial charge >= 0.3 is 0 Å². The van der Waals surface area contributed by atoms with Gasteiger partial charge < -0.3 is 14.2 Å². The summed E-state index contributed by atoms with van der Waals surface area (Å²) in [5, 5.41) is 8.58. The van der Waals surface area contributed by atoms with Crippen LogP contribution in [0.1, 0.15) is 11.1 Å². The average molecular weight is 411 g/mol. The minimum absolute atomic E-state index is 0.0644. The Kier molecular flexibility index (Phi) is 5.75. The lowest BCUT2D eigenvalue weighted by Gasteiger charge is -2.34. The predicted molar refractivity (Wildman–Crippen MR) is 111 cm³/mol. The predicted octanol–water partition coefficient (Wildman–Crippen LogP) is 2.58. The molecule has 1 aromatic carbocycles. The van der Waals surface area contributed by atoms with Crippen LogP contribution in [-0.2, 0) is 4.79 Å². The number of anilines is 1. The maximum absolute atomic E-state index is 12.5. The number of carbonyl (C=O) groups excluding carboxylic acids is 1. The van der Waals surface area contributed by atoms with E-state index in [1.165, 1.54) is 22.9 Å². The smallest absolute Gasteiger partial charge is 0.277 e.